The molecule has 7 atom stereocenters. The normalized spacial score (nSPS) is 26.8. The number of nitrogens with zero attached hydrogens (tertiary/aromatic N) is 1. The molecule has 2 N–H and O–H groups in total. The van der Waals surface area contributed by atoms with Gasteiger partial charge in [-0.2, -0.15) is 0 Å². The first-order valence-electron chi connectivity index (χ1n) is 15.9. The summed E-state index contributed by atoms with van der Waals surface area (Å²) in [5.74, 6) is -1.18. The first kappa shape index (κ1) is 29.7. The second-order valence-electron chi connectivity index (χ2n) is 12.9. The third-order valence-corrected chi connectivity index (χ3v) is 13.3. The average Bonchev–Trinajstić information content (AvgIpc) is 3.83. The van der Waals surface area contributed by atoms with Gasteiger partial charge in [0.1, 0.15) is 5.75 Å². The van der Waals surface area contributed by atoms with Crippen LogP contribution in [0.25, 0.3) is 10.8 Å². The Kier molecular flexibility index (Phi) is 7.04. The summed E-state index contributed by atoms with van der Waals surface area (Å²) in [5.41, 5.74) is 2.13. The van der Waals surface area contributed by atoms with Gasteiger partial charge in [-0.1, -0.05) is 77.5 Å². The number of imide groups is 1. The molecule has 8 nitrogen and oxygen atoms in total. The smallest absolute Gasteiger partial charge is 0.305 e. The minimum atomic E-state index is -0.431. The third-order valence-electron chi connectivity index (χ3n) is 10.5. The Morgan fingerprint density at radius 3 is 2.46 bits per heavy atom. The highest BCUT2D eigenvalue weighted by Gasteiger charge is 2.69. The van der Waals surface area contributed by atoms with Crippen molar-refractivity contribution in [2.45, 2.75) is 22.6 Å². The summed E-state index contributed by atoms with van der Waals surface area (Å²) in [6.45, 7) is -0.203. The van der Waals surface area contributed by atoms with Crippen LogP contribution in [0.2, 0.25) is 5.02 Å². The number of benzene rings is 4. The van der Waals surface area contributed by atoms with E-state index in [0.717, 1.165) is 32.7 Å². The van der Waals surface area contributed by atoms with E-state index in [1.165, 1.54) is 16.2 Å². The fourth-order valence-electron chi connectivity index (χ4n) is 8.74. The van der Waals surface area contributed by atoms with Crippen LogP contribution in [-0.4, -0.2) is 34.6 Å². The highest BCUT2D eigenvalue weighted by molar-refractivity contribution is 8.00. The lowest BCUT2D eigenvalue weighted by molar-refractivity contribution is -0.123. The second kappa shape index (κ2) is 11.4. The maximum atomic E-state index is 14.1. The fourth-order valence-corrected chi connectivity index (χ4v) is 11.7. The van der Waals surface area contributed by atoms with Gasteiger partial charge in [0.05, 0.1) is 22.5 Å². The number of aromatic amines is 1. The highest BCUT2D eigenvalue weighted by Crippen LogP contribution is 2.69. The summed E-state index contributed by atoms with van der Waals surface area (Å²) in [7, 11) is 0. The zero-order valence-corrected chi connectivity index (χ0v) is 27.7. The number of thioether (sulfide) groups is 1. The molecule has 2 bridgehead atoms. The van der Waals surface area contributed by atoms with Gasteiger partial charge >= 0.3 is 4.87 Å². The molecule has 1 saturated heterocycles. The van der Waals surface area contributed by atoms with Crippen LogP contribution < -0.4 is 19.8 Å². The quantitative estimate of drug-likeness (QED) is 0.187. The number of para-hydroxylation sites is 1. The molecule has 3 heterocycles. The van der Waals surface area contributed by atoms with Crippen molar-refractivity contribution in [1.29, 1.82) is 0 Å². The Morgan fingerprint density at radius 1 is 0.896 bits per heavy atom. The zero-order chi connectivity index (χ0) is 32.7. The minimum absolute atomic E-state index is 0.00335. The standard InChI is InChI=1S/C37H28ClN3O5S2/c38-19-12-14-20(15-13-19)41-35(43)30-23-16-24(31(30)36(41)44)32-29(23)28(33-34(47-32)40-37(45)48-33)22-9-3-4-11-26(22)46-17-27(42)39-25-10-5-7-18-6-1-2-8-21(18)25/h1-15,23-24,28-32H,16-17H2,(H,39,42)(H,40,45)/t23-,24-,28-,29?,30?,31?,32?/m1/s1. The van der Waals surface area contributed by atoms with Crippen LogP contribution in [0.1, 0.15) is 22.8 Å². The molecule has 1 aromatic heterocycles. The summed E-state index contributed by atoms with van der Waals surface area (Å²) in [6, 6.07) is 28.1. The molecule has 2 aliphatic heterocycles. The van der Waals surface area contributed by atoms with E-state index >= 15 is 0 Å². The van der Waals surface area contributed by atoms with Crippen LogP contribution in [0.5, 0.6) is 5.75 Å². The molecule has 240 valence electrons. The molecule has 48 heavy (non-hydrogen) atoms. The monoisotopic (exact) mass is 693 g/mol. The van der Waals surface area contributed by atoms with E-state index in [1.54, 1.807) is 36.0 Å². The van der Waals surface area contributed by atoms with Gasteiger partial charge in [-0.3, -0.25) is 24.1 Å². The molecule has 3 amide bonds. The summed E-state index contributed by atoms with van der Waals surface area (Å²) < 4.78 is 6.25. The van der Waals surface area contributed by atoms with Crippen LogP contribution >= 0.6 is 34.7 Å². The molecule has 2 saturated carbocycles. The molecule has 4 aromatic carbocycles. The lowest BCUT2D eigenvalue weighted by atomic mass is 9.68. The van der Waals surface area contributed by atoms with E-state index in [4.69, 9.17) is 16.3 Å². The predicted molar refractivity (Wildman–Crippen MR) is 187 cm³/mol. The average molecular weight is 694 g/mol. The molecule has 3 fully saturated rings. The first-order valence-corrected chi connectivity index (χ1v) is 18.0. The van der Waals surface area contributed by atoms with E-state index in [9.17, 15) is 19.2 Å². The molecule has 0 spiro atoms. The summed E-state index contributed by atoms with van der Waals surface area (Å²) in [4.78, 5) is 59.1. The van der Waals surface area contributed by atoms with E-state index in [1.807, 2.05) is 66.7 Å². The van der Waals surface area contributed by atoms with Gasteiger partial charge in [0, 0.05) is 37.7 Å². The van der Waals surface area contributed by atoms with Crippen molar-refractivity contribution in [3.63, 3.8) is 0 Å². The van der Waals surface area contributed by atoms with Crippen LogP contribution in [0, 0.1) is 29.6 Å². The number of H-pyrrole nitrogens is 1. The van der Waals surface area contributed by atoms with Crippen LogP contribution in [0.4, 0.5) is 11.4 Å². The van der Waals surface area contributed by atoms with Crippen molar-refractivity contribution in [3.8, 4) is 5.75 Å². The maximum Gasteiger partial charge on any atom is 0.305 e. The molecule has 4 aliphatic rings. The third kappa shape index (κ3) is 4.57. The van der Waals surface area contributed by atoms with Gasteiger partial charge in [0.25, 0.3) is 5.91 Å². The number of carbonyl (C=O) groups excluding carboxylic acids is 3. The highest BCUT2D eigenvalue weighted by atomic mass is 35.5. The van der Waals surface area contributed by atoms with Gasteiger partial charge in [-0.05, 0) is 66.0 Å². The number of nitrogens with one attached hydrogen (secondary N) is 2. The van der Waals surface area contributed by atoms with E-state index in [2.05, 4.69) is 10.3 Å². The number of rotatable bonds is 6. The van der Waals surface area contributed by atoms with Gasteiger partial charge in [-0.25, -0.2) is 0 Å². The van der Waals surface area contributed by atoms with Crippen molar-refractivity contribution >= 4 is 74.6 Å². The van der Waals surface area contributed by atoms with E-state index in [0.29, 0.717) is 22.1 Å². The predicted octanol–water partition coefficient (Wildman–Crippen LogP) is 6.94. The Bertz CT molecular complexity index is 2190. The Hall–Kier alpha value is -4.38. The van der Waals surface area contributed by atoms with Crippen molar-refractivity contribution in [3.05, 3.63) is 116 Å². The molecule has 11 heteroatoms. The number of anilines is 2. The number of fused-ring (bicyclic) bond motifs is 10. The molecule has 0 radical (unpaired) electrons. The van der Waals surface area contributed by atoms with Crippen LogP contribution in [-0.2, 0) is 14.4 Å². The Labute approximate surface area is 288 Å². The summed E-state index contributed by atoms with van der Waals surface area (Å²) in [5, 5.41) is 6.35. The number of halogens is 1. The van der Waals surface area contributed by atoms with Crippen LogP contribution in [0.3, 0.4) is 0 Å². The van der Waals surface area contributed by atoms with Crippen molar-refractivity contribution in [2.75, 3.05) is 16.8 Å². The van der Waals surface area contributed by atoms with Gasteiger partial charge in [0.15, 0.2) is 6.61 Å². The number of carbonyl (C=O) groups is 3. The molecule has 5 aromatic rings. The first-order chi connectivity index (χ1) is 23.4. The van der Waals surface area contributed by atoms with E-state index < -0.39 is 11.8 Å². The van der Waals surface area contributed by atoms with Crippen molar-refractivity contribution < 1.29 is 19.1 Å². The fraction of sp³-hybridized carbons (Fsp3) is 0.243. The zero-order valence-electron chi connectivity index (χ0n) is 25.3. The number of amides is 3. The number of hydrogen-bond donors (Lipinski definition) is 2. The van der Waals surface area contributed by atoms with Gasteiger partial charge < -0.3 is 15.0 Å². The largest absolute Gasteiger partial charge is 0.483 e. The maximum absolute atomic E-state index is 14.1. The number of hydrogen-bond acceptors (Lipinski definition) is 7. The molecule has 4 unspecified atom stereocenters. The molecular formula is C37H28ClN3O5S2. The lowest BCUT2D eigenvalue weighted by Gasteiger charge is -2.43. The van der Waals surface area contributed by atoms with Gasteiger partial charge in [-0.15, -0.1) is 11.8 Å². The topological polar surface area (TPSA) is 109 Å². The number of thiazole rings is 1. The van der Waals surface area contributed by atoms with Crippen molar-refractivity contribution in [1.82, 2.24) is 4.98 Å². The Balaban J connectivity index is 1.03. The summed E-state index contributed by atoms with van der Waals surface area (Å²) >= 11 is 8.93. The minimum Gasteiger partial charge on any atom is -0.483 e. The lowest BCUT2D eigenvalue weighted by Crippen LogP contribution is -2.42. The second-order valence-corrected chi connectivity index (χ2v) is 15.5. The molecule has 9 rings (SSSR count). The number of ether oxygens (including phenoxy) is 1. The number of aromatic nitrogens is 1. The SMILES string of the molecule is O=C(COc1ccccc1[C@H]1c2sc(=O)[nH]c2SC2C1[C@H]1C[C@@H]2C2C(=O)N(c3ccc(Cl)cc3)C(=O)C21)Nc1cccc2ccccc12. The van der Waals surface area contributed by atoms with Crippen molar-refractivity contribution in [2.24, 2.45) is 29.6 Å². The van der Waals surface area contributed by atoms with Crippen LogP contribution in [0.15, 0.2) is 101 Å². The molecular weight excluding hydrogens is 666 g/mol. The molecule has 2 aliphatic carbocycles. The summed E-state index contributed by atoms with van der Waals surface area (Å²) in [6.07, 6.45) is 0.774. The van der Waals surface area contributed by atoms with E-state index in [-0.39, 0.29) is 58.1 Å². The Morgan fingerprint density at radius 2 is 1.62 bits per heavy atom. The van der Waals surface area contributed by atoms with Gasteiger partial charge in [0.2, 0.25) is 11.8 Å².